The number of aromatic nitrogens is 1. The van der Waals surface area contributed by atoms with E-state index in [9.17, 15) is 0 Å². The second-order valence-corrected chi connectivity index (χ2v) is 13.6. The van der Waals surface area contributed by atoms with E-state index in [-0.39, 0.29) is 16.2 Å². The molecule has 4 aromatic carbocycles. The molecule has 0 amide bonds. The maximum absolute atomic E-state index is 2.51. The molecule has 1 nitrogen and oxygen atoms in total. The normalized spacial score (nSPS) is 13.0. The molecule has 1 heterocycles. The van der Waals surface area contributed by atoms with Crippen molar-refractivity contribution in [3.8, 4) is 16.8 Å². The number of hydrogen-bond donors (Lipinski definition) is 0. The number of fused-ring (bicyclic) bond motifs is 3. The average Bonchev–Trinajstić information content (AvgIpc) is 3.16. The van der Waals surface area contributed by atoms with Crippen LogP contribution in [0.15, 0.2) is 84.9 Å². The summed E-state index contributed by atoms with van der Waals surface area (Å²) in [5.74, 6) is 0. The van der Waals surface area contributed by atoms with Crippen molar-refractivity contribution < 1.29 is 0 Å². The summed E-state index contributed by atoms with van der Waals surface area (Å²) < 4.78 is 2.51. The fourth-order valence-electron chi connectivity index (χ4n) is 5.45. The Bertz CT molecular complexity index is 1580. The maximum Gasteiger partial charge on any atom is 0.0619 e. The van der Waals surface area contributed by atoms with Gasteiger partial charge in [-0.25, -0.2) is 0 Å². The van der Waals surface area contributed by atoms with E-state index in [2.05, 4.69) is 152 Å². The highest BCUT2D eigenvalue weighted by molar-refractivity contribution is 6.13. The van der Waals surface area contributed by atoms with Gasteiger partial charge in [0.2, 0.25) is 0 Å². The van der Waals surface area contributed by atoms with Crippen molar-refractivity contribution in [3.63, 3.8) is 0 Å². The van der Waals surface area contributed by atoms with Crippen LogP contribution in [0.1, 0.15) is 79.0 Å². The summed E-state index contributed by atoms with van der Waals surface area (Å²) in [6.45, 7) is 20.8. The SMILES string of the molecule is CC(C)(C)c1cc(-c2cccc3c4ccccc4n(-c4ccccc4C(C)(C)C)c23)cc(C(C)(C)C)c1. The number of nitrogens with zero attached hydrogens (tertiary/aromatic N) is 1. The van der Waals surface area contributed by atoms with Crippen molar-refractivity contribution in [2.45, 2.75) is 78.6 Å². The molecule has 5 rings (SSSR count). The molecule has 0 atom stereocenters. The smallest absolute Gasteiger partial charge is 0.0619 e. The van der Waals surface area contributed by atoms with E-state index in [1.807, 2.05) is 0 Å². The van der Waals surface area contributed by atoms with Gasteiger partial charge in [-0.2, -0.15) is 0 Å². The van der Waals surface area contributed by atoms with Crippen LogP contribution in [-0.2, 0) is 16.2 Å². The van der Waals surface area contributed by atoms with Gasteiger partial charge in [0.05, 0.1) is 11.0 Å². The fourth-order valence-corrected chi connectivity index (χ4v) is 5.45. The predicted octanol–water partition coefficient (Wildman–Crippen LogP) is 10.3. The zero-order chi connectivity index (χ0) is 26.8. The minimum atomic E-state index is 0.0226. The molecule has 0 unspecified atom stereocenters. The Balaban J connectivity index is 1.95. The molecule has 0 aliphatic rings. The molecule has 1 aromatic heterocycles. The van der Waals surface area contributed by atoms with Crippen LogP contribution in [0.4, 0.5) is 0 Å². The maximum atomic E-state index is 2.51. The topological polar surface area (TPSA) is 4.93 Å². The lowest BCUT2D eigenvalue weighted by molar-refractivity contribution is 0.569. The first-order chi connectivity index (χ1) is 17.3. The highest BCUT2D eigenvalue weighted by atomic mass is 15.0. The minimum absolute atomic E-state index is 0.0226. The van der Waals surface area contributed by atoms with Crippen LogP contribution in [0.5, 0.6) is 0 Å². The van der Waals surface area contributed by atoms with Crippen LogP contribution in [0.3, 0.4) is 0 Å². The van der Waals surface area contributed by atoms with Gasteiger partial charge in [0, 0.05) is 22.0 Å². The zero-order valence-corrected chi connectivity index (χ0v) is 24.0. The van der Waals surface area contributed by atoms with Crippen molar-refractivity contribution in [2.24, 2.45) is 0 Å². The third kappa shape index (κ3) is 4.50. The Labute approximate surface area is 223 Å². The summed E-state index contributed by atoms with van der Waals surface area (Å²) >= 11 is 0. The third-order valence-corrected chi connectivity index (χ3v) is 7.62. The fraction of sp³-hybridized carbons (Fsp3) is 0.333. The second kappa shape index (κ2) is 8.62. The van der Waals surface area contributed by atoms with Crippen molar-refractivity contribution in [3.05, 3.63) is 102 Å². The van der Waals surface area contributed by atoms with Crippen LogP contribution in [-0.4, -0.2) is 4.57 Å². The Kier molecular flexibility index (Phi) is 5.90. The lowest BCUT2D eigenvalue weighted by atomic mass is 9.79. The van der Waals surface area contributed by atoms with Gasteiger partial charge in [-0.1, -0.05) is 135 Å². The van der Waals surface area contributed by atoms with E-state index in [1.165, 1.54) is 55.3 Å². The van der Waals surface area contributed by atoms with Gasteiger partial charge in [0.1, 0.15) is 0 Å². The first-order valence-corrected chi connectivity index (χ1v) is 13.6. The van der Waals surface area contributed by atoms with E-state index >= 15 is 0 Å². The summed E-state index contributed by atoms with van der Waals surface area (Å²) in [5.41, 5.74) is 10.6. The van der Waals surface area contributed by atoms with E-state index in [4.69, 9.17) is 0 Å². The lowest BCUT2D eigenvalue weighted by Crippen LogP contribution is -2.16. The summed E-state index contributed by atoms with van der Waals surface area (Å²) in [5, 5.41) is 2.60. The lowest BCUT2D eigenvalue weighted by Gasteiger charge is -2.27. The largest absolute Gasteiger partial charge is 0.308 e. The number of benzene rings is 4. The molecule has 1 heteroatoms. The van der Waals surface area contributed by atoms with Crippen LogP contribution in [0.25, 0.3) is 38.6 Å². The molecular weight excluding hydrogens is 446 g/mol. The highest BCUT2D eigenvalue weighted by Gasteiger charge is 2.25. The molecular formula is C36H41N. The molecule has 37 heavy (non-hydrogen) atoms. The van der Waals surface area contributed by atoms with Gasteiger partial charge in [0.15, 0.2) is 0 Å². The minimum Gasteiger partial charge on any atom is -0.308 e. The molecule has 0 saturated carbocycles. The van der Waals surface area contributed by atoms with Crippen LogP contribution >= 0.6 is 0 Å². The van der Waals surface area contributed by atoms with Gasteiger partial charge in [0.25, 0.3) is 0 Å². The molecule has 0 fully saturated rings. The average molecular weight is 488 g/mol. The van der Waals surface area contributed by atoms with Crippen LogP contribution in [0, 0.1) is 0 Å². The quantitative estimate of drug-likeness (QED) is 0.233. The van der Waals surface area contributed by atoms with Crippen LogP contribution in [0.2, 0.25) is 0 Å². The second-order valence-electron chi connectivity index (χ2n) is 13.6. The Hall–Kier alpha value is -3.32. The first-order valence-electron chi connectivity index (χ1n) is 13.6. The van der Waals surface area contributed by atoms with Crippen molar-refractivity contribution in [2.75, 3.05) is 0 Å². The van der Waals surface area contributed by atoms with Gasteiger partial charge in [-0.05, 0) is 50.6 Å². The van der Waals surface area contributed by atoms with Crippen LogP contribution < -0.4 is 0 Å². The predicted molar refractivity (Wildman–Crippen MR) is 162 cm³/mol. The molecule has 0 spiro atoms. The molecule has 0 saturated heterocycles. The Morgan fingerprint density at radius 2 is 1.08 bits per heavy atom. The zero-order valence-electron chi connectivity index (χ0n) is 24.0. The number of rotatable bonds is 2. The third-order valence-electron chi connectivity index (χ3n) is 7.62. The Morgan fingerprint density at radius 3 is 1.70 bits per heavy atom. The molecule has 0 radical (unpaired) electrons. The molecule has 0 N–H and O–H groups in total. The standard InChI is InChI=1S/C36H41N/c1-34(2,3)25-21-24(22-26(23-25)35(4,5)6)27-16-14-17-29-28-15-10-12-19-31(28)37(33(27)29)32-20-13-11-18-30(32)36(7,8)9/h10-23H,1-9H3. The summed E-state index contributed by atoms with van der Waals surface area (Å²) in [7, 11) is 0. The van der Waals surface area contributed by atoms with Crippen molar-refractivity contribution in [1.82, 2.24) is 4.57 Å². The van der Waals surface area contributed by atoms with Gasteiger partial charge in [-0.3, -0.25) is 0 Å². The first kappa shape index (κ1) is 25.3. The molecule has 5 aromatic rings. The van der Waals surface area contributed by atoms with E-state index < -0.39 is 0 Å². The van der Waals surface area contributed by atoms with E-state index in [0.29, 0.717) is 0 Å². The van der Waals surface area contributed by atoms with E-state index in [1.54, 1.807) is 0 Å². The van der Waals surface area contributed by atoms with E-state index in [0.717, 1.165) is 0 Å². The van der Waals surface area contributed by atoms with Gasteiger partial charge < -0.3 is 4.57 Å². The highest BCUT2D eigenvalue weighted by Crippen LogP contribution is 2.42. The number of para-hydroxylation sites is 3. The van der Waals surface area contributed by atoms with Crippen molar-refractivity contribution in [1.29, 1.82) is 0 Å². The van der Waals surface area contributed by atoms with Crippen molar-refractivity contribution >= 4 is 21.8 Å². The molecule has 190 valence electrons. The molecule has 0 aliphatic heterocycles. The van der Waals surface area contributed by atoms with Gasteiger partial charge >= 0.3 is 0 Å². The monoisotopic (exact) mass is 487 g/mol. The molecule has 0 aliphatic carbocycles. The van der Waals surface area contributed by atoms with Gasteiger partial charge in [-0.15, -0.1) is 0 Å². The molecule has 0 bridgehead atoms. The number of hydrogen-bond acceptors (Lipinski definition) is 0. The summed E-state index contributed by atoms with van der Waals surface area (Å²) in [4.78, 5) is 0. The summed E-state index contributed by atoms with van der Waals surface area (Å²) in [6, 6.07) is 31.8. The Morgan fingerprint density at radius 1 is 0.514 bits per heavy atom. The summed E-state index contributed by atoms with van der Waals surface area (Å²) in [6.07, 6.45) is 0.